The molecule has 1 fully saturated rings. The van der Waals surface area contributed by atoms with Crippen molar-refractivity contribution in [2.24, 2.45) is 5.41 Å². The van der Waals surface area contributed by atoms with Crippen molar-refractivity contribution in [3.63, 3.8) is 0 Å². The maximum atomic E-state index is 13.7. The molecule has 1 atom stereocenters. The zero-order chi connectivity index (χ0) is 24.7. The third kappa shape index (κ3) is 4.72. The number of carbonyl (C=O) groups is 2. The molecule has 2 heterocycles. The van der Waals surface area contributed by atoms with Crippen LogP contribution >= 0.6 is 0 Å². The Morgan fingerprint density at radius 3 is 2.40 bits per heavy atom. The molecule has 1 saturated heterocycles. The average Bonchev–Trinajstić information content (AvgIpc) is 2.94. The van der Waals surface area contributed by atoms with Crippen LogP contribution in [0.4, 0.5) is 11.4 Å². The molecule has 0 saturated carbocycles. The second kappa shape index (κ2) is 9.15. The van der Waals surface area contributed by atoms with Crippen molar-refractivity contribution in [2.75, 3.05) is 50.0 Å². The van der Waals surface area contributed by atoms with Gasteiger partial charge in [0, 0.05) is 43.9 Å². The summed E-state index contributed by atoms with van der Waals surface area (Å²) >= 11 is 0. The molecular formula is C29H36N4O2. The lowest BCUT2D eigenvalue weighted by Crippen LogP contribution is -2.50. The summed E-state index contributed by atoms with van der Waals surface area (Å²) in [6, 6.07) is 16.2. The van der Waals surface area contributed by atoms with Crippen LogP contribution in [0.25, 0.3) is 0 Å². The molecule has 5 rings (SSSR count). The summed E-state index contributed by atoms with van der Waals surface area (Å²) in [5.74, 6) is 0.275. The highest BCUT2D eigenvalue weighted by Gasteiger charge is 2.42. The van der Waals surface area contributed by atoms with Crippen molar-refractivity contribution < 1.29 is 9.59 Å². The van der Waals surface area contributed by atoms with E-state index in [1.807, 2.05) is 17.0 Å². The van der Waals surface area contributed by atoms with E-state index in [-0.39, 0.29) is 29.7 Å². The van der Waals surface area contributed by atoms with Crippen molar-refractivity contribution in [3.05, 3.63) is 70.9 Å². The Bertz CT molecular complexity index is 1160. The van der Waals surface area contributed by atoms with Crippen LogP contribution in [0.15, 0.2) is 59.8 Å². The van der Waals surface area contributed by atoms with E-state index in [0.717, 1.165) is 60.8 Å². The van der Waals surface area contributed by atoms with Gasteiger partial charge in [0.05, 0.1) is 24.0 Å². The number of Topliss-reactive ketones (excluding diaryl/α,β-unsaturated/α-hetero) is 1. The summed E-state index contributed by atoms with van der Waals surface area (Å²) in [7, 11) is 2.09. The van der Waals surface area contributed by atoms with Crippen LogP contribution in [0, 0.1) is 12.3 Å². The number of rotatable bonds is 3. The number of piperazine rings is 1. The predicted octanol–water partition coefficient (Wildman–Crippen LogP) is 4.39. The number of hydrogen-bond donors (Lipinski definition) is 1. The van der Waals surface area contributed by atoms with E-state index >= 15 is 0 Å². The van der Waals surface area contributed by atoms with Gasteiger partial charge in [-0.3, -0.25) is 9.59 Å². The number of nitrogens with one attached hydrogen (secondary N) is 1. The summed E-state index contributed by atoms with van der Waals surface area (Å²) < 4.78 is 0. The number of anilines is 2. The number of para-hydroxylation sites is 2. The first-order valence-electron chi connectivity index (χ1n) is 12.6. The normalized spacial score (nSPS) is 22.3. The molecule has 35 heavy (non-hydrogen) atoms. The van der Waals surface area contributed by atoms with E-state index in [2.05, 4.69) is 79.3 Å². The Balaban J connectivity index is 1.63. The smallest absolute Gasteiger partial charge is 0.242 e. The van der Waals surface area contributed by atoms with E-state index in [1.54, 1.807) is 0 Å². The number of fused-ring (bicyclic) bond motifs is 1. The molecule has 1 N–H and O–H groups in total. The van der Waals surface area contributed by atoms with Gasteiger partial charge in [0.25, 0.3) is 0 Å². The highest BCUT2D eigenvalue weighted by atomic mass is 16.2. The first kappa shape index (κ1) is 23.6. The quantitative estimate of drug-likeness (QED) is 0.718. The fourth-order valence-electron chi connectivity index (χ4n) is 5.62. The third-order valence-electron chi connectivity index (χ3n) is 7.56. The van der Waals surface area contributed by atoms with Crippen LogP contribution in [-0.2, 0) is 9.59 Å². The Hall–Kier alpha value is -3.12. The Labute approximate surface area is 208 Å². The van der Waals surface area contributed by atoms with Crippen molar-refractivity contribution in [1.82, 2.24) is 9.80 Å². The molecule has 0 bridgehead atoms. The van der Waals surface area contributed by atoms with Gasteiger partial charge in [-0.05, 0) is 43.5 Å². The minimum Gasteiger partial charge on any atom is -0.357 e. The molecule has 2 aromatic carbocycles. The molecule has 0 radical (unpaired) electrons. The highest BCUT2D eigenvalue weighted by molar-refractivity contribution is 6.01. The molecule has 6 heteroatoms. The SMILES string of the molecule is Cc1ccc([C@H]2C3=C(CC(C)(C)CC3=O)Nc3ccccc3N2CC(=O)N2CCN(C)CC2)cc1. The van der Waals surface area contributed by atoms with Crippen LogP contribution in [0.1, 0.15) is 43.9 Å². The number of benzene rings is 2. The fraction of sp³-hybridized carbons (Fsp3) is 0.448. The summed E-state index contributed by atoms with van der Waals surface area (Å²) in [6.45, 7) is 9.85. The van der Waals surface area contributed by atoms with Gasteiger partial charge in [-0.1, -0.05) is 55.8 Å². The van der Waals surface area contributed by atoms with Crippen LogP contribution in [-0.4, -0.2) is 61.3 Å². The number of aryl methyl sites for hydroxylation is 1. The molecule has 0 aromatic heterocycles. The molecule has 2 aromatic rings. The summed E-state index contributed by atoms with van der Waals surface area (Å²) in [4.78, 5) is 33.7. The number of ketones is 1. The third-order valence-corrected chi connectivity index (χ3v) is 7.56. The lowest BCUT2D eigenvalue weighted by Gasteiger charge is -2.39. The second-order valence-electron chi connectivity index (χ2n) is 11.1. The first-order valence-corrected chi connectivity index (χ1v) is 12.6. The largest absolute Gasteiger partial charge is 0.357 e. The standard InChI is InChI=1S/C29H36N4O2/c1-20-9-11-21(12-10-20)28-27-23(17-29(2,3)18-25(27)34)30-22-7-5-6-8-24(22)33(28)19-26(35)32-15-13-31(4)14-16-32/h5-12,28,30H,13-19H2,1-4H3/t28-/m0/s1. The van der Waals surface area contributed by atoms with Gasteiger partial charge in [0.2, 0.25) is 5.91 Å². The number of hydrogen-bond acceptors (Lipinski definition) is 5. The minimum atomic E-state index is -0.318. The van der Waals surface area contributed by atoms with Gasteiger partial charge in [-0.25, -0.2) is 0 Å². The number of allylic oxidation sites excluding steroid dienone is 1. The van der Waals surface area contributed by atoms with Crippen molar-refractivity contribution in [2.45, 2.75) is 39.7 Å². The Morgan fingerprint density at radius 2 is 1.69 bits per heavy atom. The molecular weight excluding hydrogens is 436 g/mol. The summed E-state index contributed by atoms with van der Waals surface area (Å²) in [5.41, 5.74) is 5.80. The Kier molecular flexibility index (Phi) is 6.18. The van der Waals surface area contributed by atoms with E-state index in [9.17, 15) is 9.59 Å². The number of likely N-dealkylation sites (N-methyl/N-ethyl adjacent to an activating group) is 1. The molecule has 6 nitrogen and oxygen atoms in total. The molecule has 1 aliphatic carbocycles. The lowest BCUT2D eigenvalue weighted by atomic mass is 9.73. The van der Waals surface area contributed by atoms with Gasteiger partial charge in [0.15, 0.2) is 5.78 Å². The molecule has 184 valence electrons. The maximum Gasteiger partial charge on any atom is 0.242 e. The van der Waals surface area contributed by atoms with Crippen LogP contribution in [0.2, 0.25) is 0 Å². The van der Waals surface area contributed by atoms with Gasteiger partial charge in [0.1, 0.15) is 0 Å². The zero-order valence-electron chi connectivity index (χ0n) is 21.3. The van der Waals surface area contributed by atoms with Crippen LogP contribution in [0.5, 0.6) is 0 Å². The first-order chi connectivity index (χ1) is 16.7. The zero-order valence-corrected chi connectivity index (χ0v) is 21.3. The monoisotopic (exact) mass is 472 g/mol. The summed E-state index contributed by atoms with van der Waals surface area (Å²) in [5, 5.41) is 3.63. The minimum absolute atomic E-state index is 0.109. The van der Waals surface area contributed by atoms with Gasteiger partial charge in [-0.15, -0.1) is 0 Å². The van der Waals surface area contributed by atoms with E-state index in [1.165, 1.54) is 5.56 Å². The Morgan fingerprint density at radius 1 is 1.00 bits per heavy atom. The molecule has 1 amide bonds. The van der Waals surface area contributed by atoms with Gasteiger partial charge >= 0.3 is 0 Å². The molecule has 2 aliphatic heterocycles. The van der Waals surface area contributed by atoms with Gasteiger partial charge in [-0.2, -0.15) is 0 Å². The van der Waals surface area contributed by atoms with Crippen LogP contribution < -0.4 is 10.2 Å². The number of amides is 1. The van der Waals surface area contributed by atoms with E-state index in [4.69, 9.17) is 0 Å². The van der Waals surface area contributed by atoms with Crippen molar-refractivity contribution in [1.29, 1.82) is 0 Å². The lowest BCUT2D eigenvalue weighted by molar-refractivity contribution is -0.131. The van der Waals surface area contributed by atoms with E-state index < -0.39 is 0 Å². The predicted molar refractivity (Wildman–Crippen MR) is 140 cm³/mol. The van der Waals surface area contributed by atoms with E-state index in [0.29, 0.717) is 6.42 Å². The maximum absolute atomic E-state index is 13.7. The van der Waals surface area contributed by atoms with Crippen molar-refractivity contribution in [3.8, 4) is 0 Å². The molecule has 0 spiro atoms. The average molecular weight is 473 g/mol. The summed E-state index contributed by atoms with van der Waals surface area (Å²) in [6.07, 6.45) is 1.30. The number of carbonyl (C=O) groups excluding carboxylic acids is 2. The fourth-order valence-corrected chi connectivity index (χ4v) is 5.62. The topological polar surface area (TPSA) is 55.9 Å². The van der Waals surface area contributed by atoms with Gasteiger partial charge < -0.3 is 20.0 Å². The molecule has 3 aliphatic rings. The van der Waals surface area contributed by atoms with Crippen LogP contribution in [0.3, 0.4) is 0 Å². The molecule has 0 unspecified atom stereocenters. The van der Waals surface area contributed by atoms with Crippen molar-refractivity contribution >= 4 is 23.1 Å². The second-order valence-corrected chi connectivity index (χ2v) is 11.1. The highest BCUT2D eigenvalue weighted by Crippen LogP contribution is 2.48. The number of nitrogens with zero attached hydrogens (tertiary/aromatic N) is 3.